The van der Waals surface area contributed by atoms with Gasteiger partial charge in [0, 0.05) is 12.0 Å². The second-order valence-corrected chi connectivity index (χ2v) is 9.36. The third-order valence-corrected chi connectivity index (χ3v) is 6.84. The molecular weight excluding hydrogens is 410 g/mol. The van der Waals surface area contributed by atoms with Crippen LogP contribution in [0.2, 0.25) is 0 Å². The molecule has 0 radical (unpaired) electrons. The van der Waals surface area contributed by atoms with Crippen LogP contribution in [0.1, 0.15) is 37.8 Å². The maximum absolute atomic E-state index is 11.3. The van der Waals surface area contributed by atoms with Gasteiger partial charge >= 0.3 is 0 Å². The molecule has 4 nitrogen and oxygen atoms in total. The van der Waals surface area contributed by atoms with Gasteiger partial charge in [0.05, 0.1) is 10.4 Å². The maximum Gasteiger partial charge on any atom is 0.142 e. The number of azo groups is 1. The minimum atomic E-state index is 0.173. The van der Waals surface area contributed by atoms with Gasteiger partial charge in [-0.3, -0.25) is 4.79 Å². The molecule has 0 aliphatic rings. The van der Waals surface area contributed by atoms with E-state index in [1.54, 1.807) is 29.6 Å². The van der Waals surface area contributed by atoms with E-state index in [4.69, 9.17) is 4.98 Å². The van der Waals surface area contributed by atoms with E-state index < -0.39 is 0 Å². The minimum absolute atomic E-state index is 0.173. The summed E-state index contributed by atoms with van der Waals surface area (Å²) < 4.78 is 1.12. The Morgan fingerprint density at radius 3 is 2.37 bits per heavy atom. The topological polar surface area (TPSA) is 54.7 Å². The van der Waals surface area contributed by atoms with Crippen molar-refractivity contribution in [3.8, 4) is 10.6 Å². The van der Waals surface area contributed by atoms with Crippen LogP contribution in [-0.4, -0.2) is 10.8 Å². The molecule has 152 valence electrons. The highest BCUT2D eigenvalue weighted by molar-refractivity contribution is 7.30. The number of nitrogens with zero attached hydrogens (tertiary/aromatic N) is 3. The van der Waals surface area contributed by atoms with Gasteiger partial charge in [0.15, 0.2) is 0 Å². The monoisotopic (exact) mass is 433 g/mol. The predicted octanol–water partition coefficient (Wildman–Crippen LogP) is 7.91. The first-order valence-corrected chi connectivity index (χ1v) is 11.7. The first-order chi connectivity index (χ1) is 14.6. The third-order valence-electron chi connectivity index (χ3n) is 4.75. The largest absolute Gasteiger partial charge is 0.300 e. The van der Waals surface area contributed by atoms with Crippen LogP contribution in [0.5, 0.6) is 0 Å². The quantitative estimate of drug-likeness (QED) is 0.265. The summed E-state index contributed by atoms with van der Waals surface area (Å²) >= 11 is 3.20. The van der Waals surface area contributed by atoms with E-state index >= 15 is 0 Å². The van der Waals surface area contributed by atoms with Gasteiger partial charge in [-0.25, -0.2) is 4.98 Å². The van der Waals surface area contributed by atoms with E-state index in [0.29, 0.717) is 6.42 Å². The number of benzene rings is 2. The Morgan fingerprint density at radius 2 is 1.70 bits per heavy atom. The number of hydrogen-bond acceptors (Lipinski definition) is 6. The Balaban J connectivity index is 1.45. The second kappa shape index (κ2) is 9.41. The standard InChI is InChI=1S/C24H23N3OS2/c1-3-4-5-17-8-12-20(13-9-17)26-27-22-15-21-24(30-22)25-23(29-21)19-10-6-18(7-11-19)14-16(2)28/h6-13,15H,3-5,14H2,1-2H3. The van der Waals surface area contributed by atoms with Gasteiger partial charge in [0.2, 0.25) is 0 Å². The molecule has 2 heterocycles. The molecule has 0 unspecified atom stereocenters. The minimum Gasteiger partial charge on any atom is -0.300 e. The SMILES string of the molecule is CCCCc1ccc(N=Nc2cc3sc(-c4ccc(CC(C)=O)cc4)nc3s2)cc1. The number of thiophene rings is 1. The number of aromatic nitrogens is 1. The number of unbranched alkanes of at least 4 members (excludes halogenated alkanes) is 1. The van der Waals surface area contributed by atoms with E-state index in [9.17, 15) is 4.79 Å². The maximum atomic E-state index is 11.3. The zero-order valence-electron chi connectivity index (χ0n) is 17.1. The lowest BCUT2D eigenvalue weighted by molar-refractivity contribution is -0.116. The van der Waals surface area contributed by atoms with Crippen molar-refractivity contribution in [3.63, 3.8) is 0 Å². The molecule has 4 aromatic rings. The van der Waals surface area contributed by atoms with Gasteiger partial charge in [0.1, 0.15) is 20.6 Å². The van der Waals surface area contributed by atoms with Crippen LogP contribution in [-0.2, 0) is 17.6 Å². The molecule has 6 heteroatoms. The van der Waals surface area contributed by atoms with E-state index in [0.717, 1.165) is 42.8 Å². The number of ketones is 1. The smallest absolute Gasteiger partial charge is 0.142 e. The molecule has 0 N–H and O–H groups in total. The molecule has 0 atom stereocenters. The first kappa shape index (κ1) is 20.6. The van der Waals surface area contributed by atoms with Gasteiger partial charge in [-0.1, -0.05) is 61.1 Å². The molecule has 0 saturated carbocycles. The van der Waals surface area contributed by atoms with Gasteiger partial charge in [-0.05, 0) is 49.1 Å². The van der Waals surface area contributed by atoms with Crippen LogP contribution in [0.4, 0.5) is 10.7 Å². The predicted molar refractivity (Wildman–Crippen MR) is 127 cm³/mol. The van der Waals surface area contributed by atoms with Crippen LogP contribution in [0, 0.1) is 0 Å². The van der Waals surface area contributed by atoms with Crippen molar-refractivity contribution in [3.05, 3.63) is 65.7 Å². The molecule has 30 heavy (non-hydrogen) atoms. The van der Waals surface area contributed by atoms with E-state index in [1.807, 2.05) is 42.5 Å². The van der Waals surface area contributed by atoms with Crippen LogP contribution < -0.4 is 0 Å². The Kier molecular flexibility index (Phi) is 6.45. The summed E-state index contributed by atoms with van der Waals surface area (Å²) in [5, 5.41) is 10.6. The summed E-state index contributed by atoms with van der Waals surface area (Å²) in [6.45, 7) is 3.82. The van der Waals surface area contributed by atoms with Crippen molar-refractivity contribution < 1.29 is 4.79 Å². The van der Waals surface area contributed by atoms with E-state index in [2.05, 4.69) is 29.3 Å². The average Bonchev–Trinajstić information content (AvgIpc) is 3.30. The summed E-state index contributed by atoms with van der Waals surface area (Å²) in [6.07, 6.45) is 4.01. The van der Waals surface area contributed by atoms with E-state index in [1.165, 1.54) is 18.4 Å². The van der Waals surface area contributed by atoms with Gasteiger partial charge in [-0.2, -0.15) is 0 Å². The zero-order valence-corrected chi connectivity index (χ0v) is 18.7. The summed E-state index contributed by atoms with van der Waals surface area (Å²) in [7, 11) is 0. The second-order valence-electron chi connectivity index (χ2n) is 7.32. The Morgan fingerprint density at radius 1 is 0.967 bits per heavy atom. The molecule has 0 fully saturated rings. The highest BCUT2D eigenvalue weighted by atomic mass is 32.1. The molecule has 0 bridgehead atoms. The van der Waals surface area contributed by atoms with Crippen molar-refractivity contribution in [2.75, 3.05) is 0 Å². The molecule has 0 amide bonds. The number of rotatable bonds is 8. The van der Waals surface area contributed by atoms with Crippen molar-refractivity contribution in [2.24, 2.45) is 10.2 Å². The fourth-order valence-electron chi connectivity index (χ4n) is 3.17. The highest BCUT2D eigenvalue weighted by Gasteiger charge is 2.10. The zero-order chi connectivity index (χ0) is 20.9. The number of aryl methyl sites for hydroxylation is 1. The lowest BCUT2D eigenvalue weighted by atomic mass is 10.1. The molecule has 0 aliphatic heterocycles. The lowest BCUT2D eigenvalue weighted by Gasteiger charge is -2.00. The van der Waals surface area contributed by atoms with Crippen molar-refractivity contribution >= 4 is 48.7 Å². The molecule has 0 spiro atoms. The summed E-state index contributed by atoms with van der Waals surface area (Å²) in [5.74, 6) is 0.173. The number of carbonyl (C=O) groups is 1. The number of Topliss-reactive ketones (excluding diaryl/α,β-unsaturated/α-hetero) is 1. The Labute approximate surface area is 184 Å². The first-order valence-electron chi connectivity index (χ1n) is 10.1. The van der Waals surface area contributed by atoms with Gasteiger partial charge in [-0.15, -0.1) is 21.6 Å². The van der Waals surface area contributed by atoms with Crippen molar-refractivity contribution in [1.29, 1.82) is 0 Å². The molecule has 4 rings (SSSR count). The van der Waals surface area contributed by atoms with E-state index in [-0.39, 0.29) is 5.78 Å². The highest BCUT2D eigenvalue weighted by Crippen LogP contribution is 2.39. The summed E-state index contributed by atoms with van der Waals surface area (Å²) in [4.78, 5) is 17.0. The third kappa shape index (κ3) is 5.07. The molecular formula is C24H23N3OS2. The van der Waals surface area contributed by atoms with Crippen LogP contribution in [0.15, 0.2) is 64.8 Å². The van der Waals surface area contributed by atoms with Crippen LogP contribution in [0.25, 0.3) is 20.1 Å². The average molecular weight is 434 g/mol. The Bertz CT molecular complexity index is 1140. The molecule has 2 aromatic heterocycles. The van der Waals surface area contributed by atoms with Crippen LogP contribution in [0.3, 0.4) is 0 Å². The molecule has 0 aliphatic carbocycles. The molecule has 2 aromatic carbocycles. The van der Waals surface area contributed by atoms with Crippen LogP contribution >= 0.6 is 22.7 Å². The summed E-state index contributed by atoms with van der Waals surface area (Å²) in [5.41, 5.74) is 4.32. The number of thiazole rings is 1. The number of hydrogen-bond donors (Lipinski definition) is 0. The summed E-state index contributed by atoms with van der Waals surface area (Å²) in [6, 6.07) is 18.4. The molecule has 0 saturated heterocycles. The number of fused-ring (bicyclic) bond motifs is 1. The van der Waals surface area contributed by atoms with Crippen molar-refractivity contribution in [1.82, 2.24) is 4.98 Å². The van der Waals surface area contributed by atoms with Crippen molar-refractivity contribution in [2.45, 2.75) is 39.5 Å². The normalized spacial score (nSPS) is 11.5. The lowest BCUT2D eigenvalue weighted by Crippen LogP contribution is -1.95. The van der Waals surface area contributed by atoms with Gasteiger partial charge < -0.3 is 0 Å². The Hall–Kier alpha value is -2.70. The fourth-order valence-corrected chi connectivity index (χ4v) is 5.20. The fraction of sp³-hybridized carbons (Fsp3) is 0.250. The number of carbonyl (C=O) groups excluding carboxylic acids is 1. The van der Waals surface area contributed by atoms with Gasteiger partial charge in [0.25, 0.3) is 0 Å².